The summed E-state index contributed by atoms with van der Waals surface area (Å²) in [6, 6.07) is 0. The number of hydrogen-bond acceptors (Lipinski definition) is 2. The Kier molecular flexibility index (Phi) is 4.83. The molecule has 1 rings (SSSR count). The van der Waals surface area contributed by atoms with Crippen molar-refractivity contribution in [3.05, 3.63) is 25.0 Å². The summed E-state index contributed by atoms with van der Waals surface area (Å²) in [4.78, 5) is 4.24. The van der Waals surface area contributed by atoms with Gasteiger partial charge in [0.15, 0.2) is 0 Å². The van der Waals surface area contributed by atoms with E-state index in [1.807, 2.05) is 18.5 Å². The first-order chi connectivity index (χ1) is 6.88. The smallest absolute Gasteiger partial charge is 0.203 e. The molecule has 0 radical (unpaired) electrons. The highest BCUT2D eigenvalue weighted by Gasteiger charge is 1.98. The van der Waals surface area contributed by atoms with Gasteiger partial charge in [0, 0.05) is 25.5 Å². The predicted octanol–water partition coefficient (Wildman–Crippen LogP) is 2.67. The molecule has 0 aliphatic heterocycles. The Morgan fingerprint density at radius 3 is 3.14 bits per heavy atom. The van der Waals surface area contributed by atoms with E-state index >= 15 is 0 Å². The molecule has 3 nitrogen and oxygen atoms in total. The maximum absolute atomic E-state index is 4.24. The lowest BCUT2D eigenvalue weighted by Gasteiger charge is -2.07. The first-order valence-electron chi connectivity index (χ1n) is 5.24. The van der Waals surface area contributed by atoms with Crippen LogP contribution in [-0.2, 0) is 6.54 Å². The van der Waals surface area contributed by atoms with Crippen molar-refractivity contribution in [2.45, 2.75) is 32.7 Å². The number of imidazole rings is 1. The van der Waals surface area contributed by atoms with Crippen LogP contribution in [0.2, 0.25) is 0 Å². The summed E-state index contributed by atoms with van der Waals surface area (Å²) >= 11 is 0. The Labute approximate surface area is 85.8 Å². The zero-order valence-electron chi connectivity index (χ0n) is 8.87. The van der Waals surface area contributed by atoms with Crippen LogP contribution in [-0.4, -0.2) is 16.1 Å². The van der Waals surface area contributed by atoms with Crippen LogP contribution in [0.3, 0.4) is 0 Å². The van der Waals surface area contributed by atoms with E-state index in [0.29, 0.717) is 0 Å². The molecule has 0 fully saturated rings. The largest absolute Gasteiger partial charge is 0.356 e. The van der Waals surface area contributed by atoms with Gasteiger partial charge < -0.3 is 9.88 Å². The Bertz CT molecular complexity index is 265. The monoisotopic (exact) mass is 193 g/mol. The number of hydrogen-bond donors (Lipinski definition) is 1. The van der Waals surface area contributed by atoms with Crippen molar-refractivity contribution in [2.75, 3.05) is 11.9 Å². The number of rotatable bonds is 7. The number of unbranched alkanes of at least 4 members (excludes halogenated alkanes) is 2. The molecule has 1 aromatic heterocycles. The standard InChI is InChI=1S/C11H19N3/c1-3-5-6-7-12-11-13-8-10-14(11)9-4-2/h4,8,10H,2-3,5-7,9H2,1H3,(H,12,13). The Morgan fingerprint density at radius 1 is 1.57 bits per heavy atom. The zero-order valence-corrected chi connectivity index (χ0v) is 8.87. The first-order valence-corrected chi connectivity index (χ1v) is 5.24. The van der Waals surface area contributed by atoms with Gasteiger partial charge in [-0.2, -0.15) is 0 Å². The average Bonchev–Trinajstić information content (AvgIpc) is 2.61. The van der Waals surface area contributed by atoms with Gasteiger partial charge in [0.1, 0.15) is 0 Å². The summed E-state index contributed by atoms with van der Waals surface area (Å²) in [5.74, 6) is 0.945. The fourth-order valence-corrected chi connectivity index (χ4v) is 1.34. The molecule has 0 aromatic carbocycles. The van der Waals surface area contributed by atoms with Crippen molar-refractivity contribution >= 4 is 5.95 Å². The molecule has 0 amide bonds. The van der Waals surface area contributed by atoms with E-state index in [1.54, 1.807) is 0 Å². The molecule has 0 aliphatic rings. The van der Waals surface area contributed by atoms with Crippen LogP contribution in [0.1, 0.15) is 26.2 Å². The molecule has 1 heterocycles. The van der Waals surface area contributed by atoms with Crippen LogP contribution in [0.15, 0.2) is 25.0 Å². The molecule has 78 valence electrons. The predicted molar refractivity (Wildman–Crippen MR) is 60.4 cm³/mol. The van der Waals surface area contributed by atoms with Crippen LogP contribution in [0, 0.1) is 0 Å². The number of anilines is 1. The number of aromatic nitrogens is 2. The van der Waals surface area contributed by atoms with Crippen molar-refractivity contribution in [2.24, 2.45) is 0 Å². The van der Waals surface area contributed by atoms with Crippen LogP contribution in [0.25, 0.3) is 0 Å². The molecule has 0 saturated carbocycles. The van der Waals surface area contributed by atoms with Gasteiger partial charge in [-0.15, -0.1) is 6.58 Å². The first kappa shape index (κ1) is 10.8. The second-order valence-corrected chi connectivity index (χ2v) is 3.33. The SMILES string of the molecule is C=CCn1ccnc1NCCCCC. The van der Waals surface area contributed by atoms with Crippen molar-refractivity contribution in [1.82, 2.24) is 9.55 Å². The molecule has 1 N–H and O–H groups in total. The molecule has 0 atom stereocenters. The summed E-state index contributed by atoms with van der Waals surface area (Å²) in [7, 11) is 0. The maximum atomic E-state index is 4.24. The molecule has 0 aliphatic carbocycles. The molecule has 3 heteroatoms. The molecular formula is C11H19N3. The molecule has 0 bridgehead atoms. The van der Waals surface area contributed by atoms with Gasteiger partial charge in [0.2, 0.25) is 5.95 Å². The fourth-order valence-electron chi connectivity index (χ4n) is 1.34. The minimum Gasteiger partial charge on any atom is -0.356 e. The van der Waals surface area contributed by atoms with Crippen molar-refractivity contribution in [3.8, 4) is 0 Å². The average molecular weight is 193 g/mol. The zero-order chi connectivity index (χ0) is 10.2. The Balaban J connectivity index is 2.33. The molecule has 0 spiro atoms. The number of nitrogens with one attached hydrogen (secondary N) is 1. The molecule has 14 heavy (non-hydrogen) atoms. The van der Waals surface area contributed by atoms with Crippen LogP contribution >= 0.6 is 0 Å². The van der Waals surface area contributed by atoms with Crippen LogP contribution in [0.5, 0.6) is 0 Å². The van der Waals surface area contributed by atoms with Crippen molar-refractivity contribution in [1.29, 1.82) is 0 Å². The third kappa shape index (κ3) is 3.24. The molecule has 0 unspecified atom stereocenters. The quantitative estimate of drug-likeness (QED) is 0.533. The third-order valence-corrected chi connectivity index (χ3v) is 2.10. The van der Waals surface area contributed by atoms with Crippen molar-refractivity contribution < 1.29 is 0 Å². The highest BCUT2D eigenvalue weighted by molar-refractivity contribution is 5.25. The van der Waals surface area contributed by atoms with E-state index in [0.717, 1.165) is 19.0 Å². The lowest BCUT2D eigenvalue weighted by Crippen LogP contribution is -2.07. The summed E-state index contributed by atoms with van der Waals surface area (Å²) in [5, 5.41) is 3.32. The maximum Gasteiger partial charge on any atom is 0.203 e. The van der Waals surface area contributed by atoms with Gasteiger partial charge in [0.05, 0.1) is 0 Å². The Morgan fingerprint density at radius 2 is 2.43 bits per heavy atom. The summed E-state index contributed by atoms with van der Waals surface area (Å²) in [6.07, 6.45) is 9.38. The normalized spacial score (nSPS) is 10.1. The highest BCUT2D eigenvalue weighted by Crippen LogP contribution is 2.04. The Hall–Kier alpha value is -1.25. The van der Waals surface area contributed by atoms with Crippen molar-refractivity contribution in [3.63, 3.8) is 0 Å². The summed E-state index contributed by atoms with van der Waals surface area (Å²) < 4.78 is 2.05. The number of allylic oxidation sites excluding steroid dienone is 1. The van der Waals surface area contributed by atoms with E-state index in [1.165, 1.54) is 19.3 Å². The fraction of sp³-hybridized carbons (Fsp3) is 0.545. The van der Waals surface area contributed by atoms with E-state index in [4.69, 9.17) is 0 Å². The lowest BCUT2D eigenvalue weighted by molar-refractivity contribution is 0.732. The topological polar surface area (TPSA) is 29.9 Å². The molecule has 1 aromatic rings. The third-order valence-electron chi connectivity index (χ3n) is 2.10. The lowest BCUT2D eigenvalue weighted by atomic mass is 10.2. The number of nitrogens with zero attached hydrogens (tertiary/aromatic N) is 2. The minimum atomic E-state index is 0.816. The second-order valence-electron chi connectivity index (χ2n) is 3.33. The molecular weight excluding hydrogens is 174 g/mol. The summed E-state index contributed by atoms with van der Waals surface area (Å²) in [5.41, 5.74) is 0. The van der Waals surface area contributed by atoms with E-state index < -0.39 is 0 Å². The van der Waals surface area contributed by atoms with E-state index in [2.05, 4.69) is 28.4 Å². The minimum absolute atomic E-state index is 0.816. The van der Waals surface area contributed by atoms with Gasteiger partial charge in [-0.05, 0) is 6.42 Å². The van der Waals surface area contributed by atoms with Gasteiger partial charge in [0.25, 0.3) is 0 Å². The highest BCUT2D eigenvalue weighted by atomic mass is 15.2. The van der Waals surface area contributed by atoms with Gasteiger partial charge in [-0.25, -0.2) is 4.98 Å². The summed E-state index contributed by atoms with van der Waals surface area (Å²) in [6.45, 7) is 7.73. The van der Waals surface area contributed by atoms with E-state index in [9.17, 15) is 0 Å². The van der Waals surface area contributed by atoms with E-state index in [-0.39, 0.29) is 0 Å². The van der Waals surface area contributed by atoms with Gasteiger partial charge in [-0.1, -0.05) is 25.8 Å². The second kappa shape index (κ2) is 6.24. The van der Waals surface area contributed by atoms with Gasteiger partial charge in [-0.3, -0.25) is 0 Å². The van der Waals surface area contributed by atoms with Gasteiger partial charge >= 0.3 is 0 Å². The van der Waals surface area contributed by atoms with Crippen LogP contribution < -0.4 is 5.32 Å². The molecule has 0 saturated heterocycles. The van der Waals surface area contributed by atoms with Crippen LogP contribution in [0.4, 0.5) is 5.95 Å².